The third kappa shape index (κ3) is 10.8. The predicted octanol–water partition coefficient (Wildman–Crippen LogP) is 10.7. The van der Waals surface area contributed by atoms with E-state index >= 15 is 0 Å². The maximum atomic E-state index is 12.8. The van der Waals surface area contributed by atoms with Gasteiger partial charge in [0.05, 0.1) is 20.8 Å². The van der Waals surface area contributed by atoms with Crippen LogP contribution in [0.25, 0.3) is 33.4 Å². The molecule has 330 valence electrons. The second kappa shape index (κ2) is 18.1. The Morgan fingerprint density at radius 3 is 1.56 bits per heavy atom. The smallest absolute Gasteiger partial charge is 0.295 e. The van der Waals surface area contributed by atoms with Gasteiger partial charge in [-0.2, -0.15) is 25.3 Å². The average molecular weight is 903 g/mol. The lowest BCUT2D eigenvalue weighted by Crippen LogP contribution is -2.10. The zero-order valence-corrected chi connectivity index (χ0v) is 38.5. The van der Waals surface area contributed by atoms with Gasteiger partial charge in [0.2, 0.25) is 0 Å². The minimum Gasteiger partial charge on any atom is -0.456 e. The van der Waals surface area contributed by atoms with Gasteiger partial charge in [-0.05, 0) is 126 Å². The lowest BCUT2D eigenvalue weighted by Gasteiger charge is -2.21. The van der Waals surface area contributed by atoms with Gasteiger partial charge < -0.3 is 9.73 Å². The quantitative estimate of drug-likeness (QED) is 0.0564. The van der Waals surface area contributed by atoms with Gasteiger partial charge in [0.15, 0.2) is 0 Å². The van der Waals surface area contributed by atoms with Crippen LogP contribution in [0.5, 0.6) is 0 Å². The van der Waals surface area contributed by atoms with Gasteiger partial charge in [-0.25, -0.2) is 4.99 Å². The number of hydrogen-bond donors (Lipinski definition) is 4. The summed E-state index contributed by atoms with van der Waals surface area (Å²) in [6.45, 7) is 16.1. The van der Waals surface area contributed by atoms with Gasteiger partial charge in [0.1, 0.15) is 16.2 Å². The summed E-state index contributed by atoms with van der Waals surface area (Å²) in [5.74, 6) is 0.876. The summed E-state index contributed by atoms with van der Waals surface area (Å²) < 4.78 is 112. The summed E-state index contributed by atoms with van der Waals surface area (Å²) in [4.78, 5) is 4.40. The summed E-state index contributed by atoms with van der Waals surface area (Å²) >= 11 is 0. The van der Waals surface area contributed by atoms with E-state index in [2.05, 4.69) is 5.32 Å². The largest absolute Gasteiger partial charge is 0.456 e. The third-order valence-corrected chi connectivity index (χ3v) is 12.8. The molecule has 4 N–H and O–H groups in total. The number of anilines is 2. The second-order valence-electron chi connectivity index (χ2n) is 17.6. The highest BCUT2D eigenvalue weighted by Crippen LogP contribution is 2.44. The van der Waals surface area contributed by atoms with Crippen molar-refractivity contribution in [3.63, 3.8) is 0 Å². The van der Waals surface area contributed by atoms with Gasteiger partial charge in [0, 0.05) is 45.6 Å². The molecule has 0 spiro atoms. The molecule has 0 bridgehead atoms. The third-order valence-electron chi connectivity index (χ3n) is 10.3. The van der Waals surface area contributed by atoms with Crippen molar-refractivity contribution < 1.29 is 43.3 Å². The SMILES string of the molecule is CC(C)Cc1cc(S(=O)(=O)O)cc(CC(C)C)c1/N=c1\ccc2c(-c3ccccc3S(=O)(=O)O)c3ccc(Nc4c(CC(C)C)cc(S(=O)(=O)O)cc4CC(C)C)cc3oc-2c1. The minimum absolute atomic E-state index is 0.127. The molecule has 0 unspecified atom stereocenters. The first kappa shape index (κ1) is 46.6. The summed E-state index contributed by atoms with van der Waals surface area (Å²) in [6.07, 6.45) is 1.99. The number of rotatable bonds is 15. The summed E-state index contributed by atoms with van der Waals surface area (Å²) in [7, 11) is -13.7. The van der Waals surface area contributed by atoms with Gasteiger partial charge in [-0.1, -0.05) is 73.6 Å². The van der Waals surface area contributed by atoms with E-state index in [1.165, 1.54) is 36.4 Å². The van der Waals surface area contributed by atoms with Crippen molar-refractivity contribution in [3.8, 4) is 22.5 Å². The second-order valence-corrected chi connectivity index (χ2v) is 21.9. The number of nitrogens with zero attached hydrogens (tertiary/aromatic N) is 1. The maximum Gasteiger partial charge on any atom is 0.295 e. The molecule has 0 atom stereocenters. The average Bonchev–Trinajstić information content (AvgIpc) is 3.14. The molecule has 0 saturated carbocycles. The Labute approximate surface area is 364 Å². The fourth-order valence-electron chi connectivity index (χ4n) is 7.95. The Morgan fingerprint density at radius 1 is 0.565 bits per heavy atom. The topological polar surface area (TPSA) is 201 Å². The molecule has 1 heterocycles. The number of hydrogen-bond acceptors (Lipinski definition) is 9. The monoisotopic (exact) mass is 902 g/mol. The molecule has 1 aliphatic carbocycles. The van der Waals surface area contributed by atoms with E-state index in [0.29, 0.717) is 98.2 Å². The Kier molecular flexibility index (Phi) is 13.6. The molecule has 2 aliphatic rings. The van der Waals surface area contributed by atoms with Crippen LogP contribution in [0, 0.1) is 23.7 Å². The van der Waals surface area contributed by atoms with Crippen LogP contribution in [0.1, 0.15) is 77.6 Å². The first-order valence-electron chi connectivity index (χ1n) is 20.5. The Morgan fingerprint density at radius 2 is 1.06 bits per heavy atom. The van der Waals surface area contributed by atoms with Gasteiger partial charge >= 0.3 is 0 Å². The van der Waals surface area contributed by atoms with Crippen LogP contribution in [-0.2, 0) is 56.0 Å². The van der Waals surface area contributed by atoms with Crippen molar-refractivity contribution in [2.24, 2.45) is 28.7 Å². The summed E-state index contributed by atoms with van der Waals surface area (Å²) in [6, 6.07) is 22.7. The summed E-state index contributed by atoms with van der Waals surface area (Å²) in [5, 5.41) is 4.52. The lowest BCUT2D eigenvalue weighted by atomic mass is 9.92. The molecule has 0 fully saturated rings. The van der Waals surface area contributed by atoms with Crippen LogP contribution >= 0.6 is 0 Å². The molecule has 0 amide bonds. The Bertz CT molecular complexity index is 2980. The number of fused-ring (bicyclic) bond motifs is 2. The van der Waals surface area contributed by atoms with Gasteiger partial charge in [0.25, 0.3) is 30.4 Å². The zero-order valence-electron chi connectivity index (χ0n) is 36.1. The van der Waals surface area contributed by atoms with E-state index in [1.54, 1.807) is 42.5 Å². The molecule has 6 rings (SSSR count). The molecular weight excluding hydrogens is 849 g/mol. The van der Waals surface area contributed by atoms with Crippen LogP contribution in [0.2, 0.25) is 0 Å². The van der Waals surface area contributed by atoms with Crippen LogP contribution in [0.15, 0.2) is 109 Å². The van der Waals surface area contributed by atoms with E-state index in [4.69, 9.17) is 9.41 Å². The highest BCUT2D eigenvalue weighted by Gasteiger charge is 2.25. The molecule has 0 aromatic heterocycles. The molecule has 0 radical (unpaired) electrons. The van der Waals surface area contributed by atoms with Crippen LogP contribution < -0.4 is 10.7 Å². The molecule has 0 saturated heterocycles. The van der Waals surface area contributed by atoms with E-state index < -0.39 is 30.4 Å². The molecule has 4 aromatic carbocycles. The van der Waals surface area contributed by atoms with Crippen molar-refractivity contribution in [1.29, 1.82) is 0 Å². The first-order chi connectivity index (χ1) is 28.9. The van der Waals surface area contributed by atoms with E-state index in [9.17, 15) is 38.9 Å². The van der Waals surface area contributed by atoms with Gasteiger partial charge in [-0.15, -0.1) is 0 Å². The zero-order chi connectivity index (χ0) is 45.5. The molecule has 12 nitrogen and oxygen atoms in total. The van der Waals surface area contributed by atoms with E-state index in [-0.39, 0.29) is 43.9 Å². The highest BCUT2D eigenvalue weighted by molar-refractivity contribution is 7.86. The van der Waals surface area contributed by atoms with Crippen LogP contribution in [0.4, 0.5) is 17.1 Å². The van der Waals surface area contributed by atoms with Gasteiger partial charge in [-0.3, -0.25) is 13.7 Å². The van der Waals surface area contributed by atoms with Crippen LogP contribution in [0.3, 0.4) is 0 Å². The Balaban J connectivity index is 1.65. The Hall–Kier alpha value is -4.90. The fraction of sp³-hybridized carbons (Fsp3) is 0.340. The standard InChI is InChI=1S/C47H54N2O10S3/c1-27(2)17-31-21-37(60(50,51)52)22-32(18-28(3)4)46(31)48-35-13-15-39-42(25-35)59-43-26-36(14-16-40(43)45(39)41-11-9-10-12-44(41)62(56,57)58)49-47-33(19-29(5)6)23-38(61(53,54)55)24-34(47)20-30(7)8/h9-16,21-30,48H,17-20H2,1-8H3,(H,50,51,52)(H,53,54,55)(H,56,57,58)/b49-36+. The molecule has 15 heteroatoms. The van der Waals surface area contributed by atoms with E-state index in [0.717, 1.165) is 0 Å². The fourth-order valence-corrected chi connectivity index (χ4v) is 9.81. The minimum atomic E-state index is -4.69. The summed E-state index contributed by atoms with van der Waals surface area (Å²) in [5.41, 5.74) is 6.17. The van der Waals surface area contributed by atoms with E-state index in [1.807, 2.05) is 61.5 Å². The van der Waals surface area contributed by atoms with Crippen molar-refractivity contribution >= 4 is 58.4 Å². The van der Waals surface area contributed by atoms with Crippen LogP contribution in [-0.4, -0.2) is 38.9 Å². The molecular formula is C47H54N2O10S3. The maximum absolute atomic E-state index is 12.8. The number of benzene rings is 5. The van der Waals surface area contributed by atoms with Crippen molar-refractivity contribution in [1.82, 2.24) is 0 Å². The normalized spacial score (nSPS) is 13.1. The molecule has 1 aliphatic heterocycles. The first-order valence-corrected chi connectivity index (χ1v) is 24.9. The highest BCUT2D eigenvalue weighted by atomic mass is 32.2. The predicted molar refractivity (Wildman–Crippen MR) is 243 cm³/mol. The van der Waals surface area contributed by atoms with Crippen molar-refractivity contribution in [2.75, 3.05) is 5.32 Å². The molecule has 62 heavy (non-hydrogen) atoms. The van der Waals surface area contributed by atoms with Crippen molar-refractivity contribution in [2.45, 2.75) is 95.8 Å². The number of nitrogens with one attached hydrogen (secondary N) is 1. The molecule has 4 aromatic rings. The lowest BCUT2D eigenvalue weighted by molar-refractivity contribution is 0.480. The van der Waals surface area contributed by atoms with Crippen molar-refractivity contribution in [3.05, 3.63) is 113 Å².